The van der Waals surface area contributed by atoms with Crippen molar-refractivity contribution in [3.63, 3.8) is 0 Å². The molecule has 2 rings (SSSR count). The summed E-state index contributed by atoms with van der Waals surface area (Å²) >= 11 is 0. The van der Waals surface area contributed by atoms with Crippen molar-refractivity contribution in [2.45, 2.75) is 52.2 Å². The molecule has 0 amide bonds. The molecule has 142 valence electrons. The molecule has 0 saturated carbocycles. The predicted octanol–water partition coefficient (Wildman–Crippen LogP) is 2.55. The van der Waals surface area contributed by atoms with Gasteiger partial charge >= 0.3 is 0 Å². The highest BCUT2D eigenvalue weighted by Gasteiger charge is 2.21. The molecule has 0 spiro atoms. The van der Waals surface area contributed by atoms with Gasteiger partial charge in [-0.05, 0) is 18.9 Å². The van der Waals surface area contributed by atoms with Gasteiger partial charge in [0.05, 0.1) is 6.10 Å². The highest BCUT2D eigenvalue weighted by atomic mass is 16.5. The van der Waals surface area contributed by atoms with Gasteiger partial charge in [0, 0.05) is 18.5 Å². The van der Waals surface area contributed by atoms with Gasteiger partial charge in [-0.1, -0.05) is 56.3 Å². The SMILES string of the molecule is CCNC(=NCc1noc(C(C)(C)C)n1)NCCC(O)c1ccccc1. The van der Waals surface area contributed by atoms with Gasteiger partial charge in [0.1, 0.15) is 6.54 Å². The van der Waals surface area contributed by atoms with Crippen molar-refractivity contribution in [1.29, 1.82) is 0 Å². The Labute approximate surface area is 154 Å². The first-order valence-corrected chi connectivity index (χ1v) is 8.98. The number of aromatic nitrogens is 2. The third-order valence-corrected chi connectivity index (χ3v) is 3.73. The van der Waals surface area contributed by atoms with Crippen LogP contribution in [0.2, 0.25) is 0 Å². The van der Waals surface area contributed by atoms with Gasteiger partial charge in [-0.25, -0.2) is 4.99 Å². The van der Waals surface area contributed by atoms with Crippen LogP contribution < -0.4 is 10.6 Å². The standard InChI is InChI=1S/C19H29N5O2/c1-5-20-18(21-12-11-15(25)14-9-7-6-8-10-14)22-13-16-23-17(26-24-16)19(2,3)4/h6-10,15,25H,5,11-13H2,1-4H3,(H2,20,21,22). The highest BCUT2D eigenvalue weighted by Crippen LogP contribution is 2.19. The second-order valence-electron chi connectivity index (χ2n) is 7.10. The molecule has 1 atom stereocenters. The van der Waals surface area contributed by atoms with Crippen molar-refractivity contribution in [1.82, 2.24) is 20.8 Å². The van der Waals surface area contributed by atoms with Crippen molar-refractivity contribution in [2.24, 2.45) is 4.99 Å². The van der Waals surface area contributed by atoms with Crippen LogP contribution in [-0.2, 0) is 12.0 Å². The van der Waals surface area contributed by atoms with E-state index in [1.165, 1.54) is 0 Å². The van der Waals surface area contributed by atoms with E-state index in [1.807, 2.05) is 58.0 Å². The van der Waals surface area contributed by atoms with Crippen LogP contribution in [0.1, 0.15) is 57.5 Å². The van der Waals surface area contributed by atoms with E-state index in [9.17, 15) is 5.11 Å². The Kier molecular flexibility index (Phi) is 7.15. The molecule has 7 heteroatoms. The van der Waals surface area contributed by atoms with Gasteiger partial charge in [0.25, 0.3) is 0 Å². The van der Waals surface area contributed by atoms with Gasteiger partial charge in [-0.3, -0.25) is 0 Å². The molecule has 1 aromatic heterocycles. The van der Waals surface area contributed by atoms with E-state index in [4.69, 9.17) is 4.52 Å². The number of nitrogens with one attached hydrogen (secondary N) is 2. The monoisotopic (exact) mass is 359 g/mol. The first kappa shape index (κ1) is 19.9. The lowest BCUT2D eigenvalue weighted by molar-refractivity contribution is 0.168. The molecule has 0 fully saturated rings. The Bertz CT molecular complexity index is 691. The summed E-state index contributed by atoms with van der Waals surface area (Å²) in [5.41, 5.74) is 0.739. The number of nitrogens with zero attached hydrogens (tertiary/aromatic N) is 3. The molecule has 2 aromatic rings. The van der Waals surface area contributed by atoms with Gasteiger partial charge in [0.15, 0.2) is 11.8 Å². The number of hydrogen-bond donors (Lipinski definition) is 3. The minimum absolute atomic E-state index is 0.175. The molecule has 1 heterocycles. The zero-order chi connectivity index (χ0) is 19.0. The summed E-state index contributed by atoms with van der Waals surface area (Å²) in [5, 5.41) is 20.6. The molecule has 1 aromatic carbocycles. The zero-order valence-corrected chi connectivity index (χ0v) is 16.0. The molecular weight excluding hydrogens is 330 g/mol. The summed E-state index contributed by atoms with van der Waals surface area (Å²) in [6, 6.07) is 9.63. The number of guanidine groups is 1. The Morgan fingerprint density at radius 2 is 1.96 bits per heavy atom. The van der Waals surface area contributed by atoms with Gasteiger partial charge in [-0.2, -0.15) is 4.98 Å². The van der Waals surface area contributed by atoms with Crippen LogP contribution >= 0.6 is 0 Å². The van der Waals surface area contributed by atoms with E-state index < -0.39 is 6.10 Å². The fraction of sp³-hybridized carbons (Fsp3) is 0.526. The molecule has 1 unspecified atom stereocenters. The van der Waals surface area contributed by atoms with Crippen LogP contribution in [0.15, 0.2) is 39.8 Å². The molecule has 0 radical (unpaired) electrons. The number of aliphatic imine (C=N–C) groups is 1. The lowest BCUT2D eigenvalue weighted by Crippen LogP contribution is -2.38. The highest BCUT2D eigenvalue weighted by molar-refractivity contribution is 5.79. The Morgan fingerprint density at radius 3 is 2.58 bits per heavy atom. The molecule has 0 bridgehead atoms. The second-order valence-corrected chi connectivity index (χ2v) is 7.10. The lowest BCUT2D eigenvalue weighted by Gasteiger charge is -2.14. The Morgan fingerprint density at radius 1 is 1.23 bits per heavy atom. The largest absolute Gasteiger partial charge is 0.388 e. The Hall–Kier alpha value is -2.41. The zero-order valence-electron chi connectivity index (χ0n) is 16.0. The minimum atomic E-state index is -0.502. The summed E-state index contributed by atoms with van der Waals surface area (Å²) in [5.74, 6) is 1.82. The smallest absolute Gasteiger partial charge is 0.232 e. The van der Waals surface area contributed by atoms with Crippen molar-refractivity contribution in [2.75, 3.05) is 13.1 Å². The van der Waals surface area contributed by atoms with E-state index in [2.05, 4.69) is 25.8 Å². The molecule has 0 aliphatic heterocycles. The summed E-state index contributed by atoms with van der Waals surface area (Å²) in [7, 11) is 0. The Balaban J connectivity index is 1.87. The molecule has 0 aliphatic carbocycles. The van der Waals surface area contributed by atoms with Crippen LogP contribution in [0.5, 0.6) is 0 Å². The molecule has 7 nitrogen and oxygen atoms in total. The average molecular weight is 359 g/mol. The topological polar surface area (TPSA) is 95.6 Å². The van der Waals surface area contributed by atoms with Crippen LogP contribution in [0.25, 0.3) is 0 Å². The predicted molar refractivity (Wildman–Crippen MR) is 102 cm³/mol. The molecule has 0 aliphatic rings. The third kappa shape index (κ3) is 6.15. The fourth-order valence-corrected chi connectivity index (χ4v) is 2.28. The van der Waals surface area contributed by atoms with Crippen molar-refractivity contribution in [3.8, 4) is 0 Å². The maximum Gasteiger partial charge on any atom is 0.232 e. The first-order valence-electron chi connectivity index (χ1n) is 8.98. The quantitative estimate of drug-likeness (QED) is 0.519. The van der Waals surface area contributed by atoms with Gasteiger partial charge < -0.3 is 20.3 Å². The second kappa shape index (κ2) is 9.33. The van der Waals surface area contributed by atoms with Gasteiger partial charge in [0.2, 0.25) is 5.89 Å². The maximum atomic E-state index is 10.2. The van der Waals surface area contributed by atoms with E-state index in [-0.39, 0.29) is 5.41 Å². The van der Waals surface area contributed by atoms with Crippen molar-refractivity contribution in [3.05, 3.63) is 47.6 Å². The van der Waals surface area contributed by atoms with Crippen LogP contribution in [-0.4, -0.2) is 34.3 Å². The van der Waals surface area contributed by atoms with E-state index >= 15 is 0 Å². The number of hydrogen-bond acceptors (Lipinski definition) is 5. The summed E-state index contributed by atoms with van der Waals surface area (Å²) in [6.07, 6.45) is 0.0864. The van der Waals surface area contributed by atoms with Crippen molar-refractivity contribution < 1.29 is 9.63 Å². The van der Waals surface area contributed by atoms with E-state index in [0.29, 0.717) is 37.2 Å². The first-order chi connectivity index (χ1) is 12.4. The number of benzene rings is 1. The lowest BCUT2D eigenvalue weighted by atomic mass is 9.97. The number of aliphatic hydroxyl groups is 1. The normalized spacial score (nSPS) is 13.5. The fourth-order valence-electron chi connectivity index (χ4n) is 2.28. The van der Waals surface area contributed by atoms with E-state index in [1.54, 1.807) is 0 Å². The maximum absolute atomic E-state index is 10.2. The molecule has 0 saturated heterocycles. The van der Waals surface area contributed by atoms with Gasteiger partial charge in [-0.15, -0.1) is 0 Å². The van der Waals surface area contributed by atoms with Crippen LogP contribution in [0.4, 0.5) is 0 Å². The van der Waals surface area contributed by atoms with E-state index in [0.717, 1.165) is 12.1 Å². The number of rotatable bonds is 7. The molecule has 26 heavy (non-hydrogen) atoms. The molecule has 3 N–H and O–H groups in total. The summed E-state index contributed by atoms with van der Waals surface area (Å²) in [6.45, 7) is 9.75. The third-order valence-electron chi connectivity index (χ3n) is 3.73. The molecular formula is C19H29N5O2. The van der Waals surface area contributed by atoms with Crippen LogP contribution in [0, 0.1) is 0 Å². The summed E-state index contributed by atoms with van der Waals surface area (Å²) < 4.78 is 5.28. The summed E-state index contributed by atoms with van der Waals surface area (Å²) in [4.78, 5) is 8.86. The minimum Gasteiger partial charge on any atom is -0.388 e. The number of aliphatic hydroxyl groups excluding tert-OH is 1. The van der Waals surface area contributed by atoms with Crippen LogP contribution in [0.3, 0.4) is 0 Å². The average Bonchev–Trinajstić information content (AvgIpc) is 3.10. The van der Waals surface area contributed by atoms with Crippen molar-refractivity contribution >= 4 is 5.96 Å².